The van der Waals surface area contributed by atoms with Gasteiger partial charge in [0.25, 0.3) is 0 Å². The number of hydrogen-bond donors (Lipinski definition) is 2. The predicted molar refractivity (Wildman–Crippen MR) is 195 cm³/mol. The largest absolute Gasteiger partial charge is 0.444 e. The van der Waals surface area contributed by atoms with E-state index in [1.54, 1.807) is 20.8 Å². The summed E-state index contributed by atoms with van der Waals surface area (Å²) in [6, 6.07) is 28.0. The number of halogens is 1. The molecule has 1 aliphatic carbocycles. The Hall–Kier alpha value is -5.04. The number of carbonyl (C=O) groups is 2. The van der Waals surface area contributed by atoms with E-state index in [0.717, 1.165) is 56.1 Å². The fraction of sp³-hybridized carbons (Fsp3) is 0.357. The van der Waals surface area contributed by atoms with E-state index in [9.17, 15) is 9.59 Å². The van der Waals surface area contributed by atoms with Crippen LogP contribution in [0.25, 0.3) is 0 Å². The van der Waals surface area contributed by atoms with Gasteiger partial charge in [-0.3, -0.25) is 14.7 Å². The average Bonchev–Trinajstić information content (AvgIpc) is 3.54. The lowest BCUT2D eigenvalue weighted by atomic mass is 9.84. The average molecular weight is 689 g/mol. The predicted octanol–water partition coefficient (Wildman–Crippen LogP) is 7.45. The van der Waals surface area contributed by atoms with Gasteiger partial charge < -0.3 is 20.1 Å². The van der Waals surface area contributed by atoms with E-state index in [-0.39, 0.29) is 16.9 Å². The maximum absolute atomic E-state index is 15.5. The van der Waals surface area contributed by atoms with Gasteiger partial charge in [-0.1, -0.05) is 116 Å². The first-order chi connectivity index (χ1) is 24.6. The maximum Gasteiger partial charge on any atom is 0.408 e. The maximum atomic E-state index is 15.5. The summed E-state index contributed by atoms with van der Waals surface area (Å²) in [7, 11) is 0. The van der Waals surface area contributed by atoms with Gasteiger partial charge in [-0.2, -0.15) is 0 Å². The molecule has 2 atom stereocenters. The van der Waals surface area contributed by atoms with Crippen molar-refractivity contribution < 1.29 is 23.5 Å². The summed E-state index contributed by atoms with van der Waals surface area (Å²) in [5.74, 6) is 4.34. The van der Waals surface area contributed by atoms with Crippen molar-refractivity contribution in [2.24, 2.45) is 0 Å². The molecule has 2 heterocycles. The van der Waals surface area contributed by atoms with Crippen molar-refractivity contribution in [3.8, 4) is 11.8 Å². The molecule has 0 radical (unpaired) electrons. The van der Waals surface area contributed by atoms with Crippen LogP contribution in [-0.2, 0) is 20.8 Å². The first-order valence-corrected chi connectivity index (χ1v) is 17.6. The van der Waals surface area contributed by atoms with Crippen LogP contribution in [0.15, 0.2) is 103 Å². The molecule has 3 aromatic carbocycles. The van der Waals surface area contributed by atoms with Gasteiger partial charge in [-0.15, -0.1) is 0 Å². The fourth-order valence-corrected chi connectivity index (χ4v) is 7.07. The summed E-state index contributed by atoms with van der Waals surface area (Å²) < 4.78 is 27.8. The summed E-state index contributed by atoms with van der Waals surface area (Å²) in [6.45, 7) is 7.41. The number of nitrogens with one attached hydrogen (secondary N) is 2. The number of aromatic nitrogens is 1. The number of anilines is 1. The van der Waals surface area contributed by atoms with E-state index in [1.807, 2.05) is 78.9 Å². The first kappa shape index (κ1) is 35.8. The Labute approximate surface area is 299 Å². The molecule has 2 N–H and O–H groups in total. The van der Waals surface area contributed by atoms with Crippen LogP contribution in [0.5, 0.6) is 0 Å². The van der Waals surface area contributed by atoms with E-state index in [2.05, 4.69) is 44.5 Å². The minimum Gasteiger partial charge on any atom is -0.444 e. The van der Waals surface area contributed by atoms with Gasteiger partial charge in [0.1, 0.15) is 17.7 Å². The van der Waals surface area contributed by atoms with Gasteiger partial charge in [-0.25, -0.2) is 9.18 Å². The fourth-order valence-electron chi connectivity index (χ4n) is 7.07. The Balaban J connectivity index is 1.30. The molecule has 264 valence electrons. The van der Waals surface area contributed by atoms with Crippen LogP contribution in [0.2, 0.25) is 0 Å². The van der Waals surface area contributed by atoms with Crippen molar-refractivity contribution in [1.82, 2.24) is 15.2 Å². The highest BCUT2D eigenvalue weighted by Gasteiger charge is 2.42. The van der Waals surface area contributed by atoms with Crippen LogP contribution < -0.4 is 10.6 Å². The number of carbonyl (C=O) groups excluding carboxylic acids is 2. The Bertz CT molecular complexity index is 1810. The van der Waals surface area contributed by atoms with Crippen molar-refractivity contribution in [1.29, 1.82) is 0 Å². The number of pyridine rings is 1. The number of hydrogen-bond acceptors (Lipinski definition) is 6. The third-order valence-electron chi connectivity index (χ3n) is 9.21. The Morgan fingerprint density at radius 1 is 0.961 bits per heavy atom. The number of morpholine rings is 1. The van der Waals surface area contributed by atoms with E-state index >= 15 is 4.39 Å². The SMILES string of the molecule is CC(C)(C)OC(=O)N[C@H](C(=O)Nc1cncc(F)c1C#C[C@@H]1CN(Cc2ccccc2)CC2(CCCC2)O1)C(c1ccccc1)c1ccccc1. The molecular formula is C42H45FN4O4. The second-order valence-electron chi connectivity index (χ2n) is 14.4. The molecule has 0 unspecified atom stereocenters. The minimum absolute atomic E-state index is 0.00500. The third-order valence-corrected chi connectivity index (χ3v) is 9.21. The number of benzene rings is 3. The summed E-state index contributed by atoms with van der Waals surface area (Å²) in [6.07, 6.45) is 5.34. The van der Waals surface area contributed by atoms with Crippen LogP contribution in [0, 0.1) is 17.7 Å². The first-order valence-electron chi connectivity index (χ1n) is 17.6. The van der Waals surface area contributed by atoms with Crippen molar-refractivity contribution in [2.45, 2.75) is 82.3 Å². The van der Waals surface area contributed by atoms with Gasteiger partial charge in [-0.05, 0) is 50.3 Å². The minimum atomic E-state index is -1.15. The number of alkyl carbamates (subject to hydrolysis) is 1. The zero-order valence-corrected chi connectivity index (χ0v) is 29.4. The smallest absolute Gasteiger partial charge is 0.408 e. The molecular weight excluding hydrogens is 643 g/mol. The van der Waals surface area contributed by atoms with E-state index in [0.29, 0.717) is 6.54 Å². The molecule has 0 bridgehead atoms. The normalized spacial score (nSPS) is 17.7. The Morgan fingerprint density at radius 2 is 1.57 bits per heavy atom. The zero-order chi connectivity index (χ0) is 35.8. The van der Waals surface area contributed by atoms with Crippen LogP contribution >= 0.6 is 0 Å². The Morgan fingerprint density at radius 3 is 2.18 bits per heavy atom. The van der Waals surface area contributed by atoms with Crippen molar-refractivity contribution in [3.63, 3.8) is 0 Å². The summed E-state index contributed by atoms with van der Waals surface area (Å²) in [4.78, 5) is 34.0. The van der Waals surface area contributed by atoms with Crippen molar-refractivity contribution >= 4 is 17.7 Å². The molecule has 1 saturated heterocycles. The lowest BCUT2D eigenvalue weighted by Crippen LogP contribution is -2.53. The molecule has 6 rings (SSSR count). The standard InChI is InChI=1S/C42H45FN4O4/c1-41(2,3)51-40(49)46-38(37(31-17-9-5-10-18-31)32-19-11-6-12-20-32)39(48)45-36-26-44-25-35(43)34(36)22-21-33-28-47(27-30-15-7-4-8-16-30)29-42(50-33)23-13-14-24-42/h4-12,15-20,25-26,33,37-38H,13-14,23-24,27-29H2,1-3H3,(H,45,48)(H,46,49)/t33-,38+/m1/s1. The van der Waals surface area contributed by atoms with Gasteiger partial charge in [0.05, 0.1) is 29.2 Å². The molecule has 1 saturated carbocycles. The Kier molecular flexibility index (Phi) is 11.1. The lowest BCUT2D eigenvalue weighted by Gasteiger charge is -2.43. The molecule has 1 aliphatic heterocycles. The van der Waals surface area contributed by atoms with Crippen LogP contribution in [0.1, 0.15) is 74.6 Å². The van der Waals surface area contributed by atoms with Gasteiger partial charge in [0.2, 0.25) is 5.91 Å². The molecule has 51 heavy (non-hydrogen) atoms. The van der Waals surface area contributed by atoms with Gasteiger partial charge in [0, 0.05) is 25.6 Å². The van der Waals surface area contributed by atoms with E-state index < -0.39 is 41.5 Å². The second-order valence-corrected chi connectivity index (χ2v) is 14.4. The topological polar surface area (TPSA) is 92.8 Å². The molecule has 9 heteroatoms. The van der Waals surface area contributed by atoms with E-state index in [4.69, 9.17) is 9.47 Å². The zero-order valence-electron chi connectivity index (χ0n) is 29.4. The summed E-state index contributed by atoms with van der Waals surface area (Å²) >= 11 is 0. The van der Waals surface area contributed by atoms with Crippen LogP contribution in [0.3, 0.4) is 0 Å². The van der Waals surface area contributed by atoms with Crippen molar-refractivity contribution in [2.75, 3.05) is 18.4 Å². The molecule has 1 aromatic heterocycles. The molecule has 1 spiro atoms. The highest BCUT2D eigenvalue weighted by atomic mass is 19.1. The number of amides is 2. The monoisotopic (exact) mass is 688 g/mol. The van der Waals surface area contributed by atoms with E-state index in [1.165, 1.54) is 11.8 Å². The second kappa shape index (κ2) is 15.9. The number of rotatable bonds is 8. The molecule has 4 aromatic rings. The molecule has 2 fully saturated rings. The lowest BCUT2D eigenvalue weighted by molar-refractivity contribution is -0.133. The molecule has 2 amide bonds. The van der Waals surface area contributed by atoms with Crippen LogP contribution in [-0.4, -0.2) is 58.3 Å². The van der Waals surface area contributed by atoms with Gasteiger partial charge in [0.15, 0.2) is 5.82 Å². The number of nitrogens with zero attached hydrogens (tertiary/aromatic N) is 2. The highest BCUT2D eigenvalue weighted by molar-refractivity contribution is 5.98. The van der Waals surface area contributed by atoms with Crippen LogP contribution in [0.4, 0.5) is 14.9 Å². The summed E-state index contributed by atoms with van der Waals surface area (Å²) in [5.41, 5.74) is 1.81. The summed E-state index contributed by atoms with van der Waals surface area (Å²) in [5, 5.41) is 5.66. The molecule has 2 aliphatic rings. The third kappa shape index (κ3) is 9.40. The number of ether oxygens (including phenoxy) is 2. The molecule has 8 nitrogen and oxygen atoms in total. The highest BCUT2D eigenvalue weighted by Crippen LogP contribution is 2.38. The quantitative estimate of drug-likeness (QED) is 0.187. The van der Waals surface area contributed by atoms with Crippen molar-refractivity contribution in [3.05, 3.63) is 131 Å². The van der Waals surface area contributed by atoms with Gasteiger partial charge >= 0.3 is 6.09 Å².